The maximum atomic E-state index is 6.24. The standard InChI is InChI=1S/C15H20ClN3O/c1-10(12-7-5-6-8-14(12)20-4)17-9-13-11(2)18-19(3)15(13)16/h5-8,10,17H,9H2,1-4H3/t10-/m1/s1. The molecule has 0 radical (unpaired) electrons. The lowest BCUT2D eigenvalue weighted by atomic mass is 10.1. The maximum absolute atomic E-state index is 6.24. The largest absolute Gasteiger partial charge is 0.496 e. The number of hydrogen-bond acceptors (Lipinski definition) is 3. The van der Waals surface area contributed by atoms with Crippen LogP contribution in [-0.2, 0) is 13.6 Å². The summed E-state index contributed by atoms with van der Waals surface area (Å²) >= 11 is 6.24. The zero-order valence-electron chi connectivity index (χ0n) is 12.3. The Morgan fingerprint density at radius 1 is 1.40 bits per heavy atom. The van der Waals surface area contributed by atoms with E-state index in [1.54, 1.807) is 11.8 Å². The van der Waals surface area contributed by atoms with Crippen molar-refractivity contribution in [3.05, 3.63) is 46.2 Å². The van der Waals surface area contributed by atoms with E-state index in [0.29, 0.717) is 11.7 Å². The van der Waals surface area contributed by atoms with Crippen molar-refractivity contribution in [2.75, 3.05) is 7.11 Å². The van der Waals surface area contributed by atoms with Crippen LogP contribution in [-0.4, -0.2) is 16.9 Å². The molecule has 0 spiro atoms. The summed E-state index contributed by atoms with van der Waals surface area (Å²) in [6.07, 6.45) is 0. The third kappa shape index (κ3) is 2.97. The number of aromatic nitrogens is 2. The second-order valence-corrected chi connectivity index (χ2v) is 5.18. The molecular formula is C15H20ClN3O. The number of ether oxygens (including phenoxy) is 1. The number of nitrogens with one attached hydrogen (secondary N) is 1. The van der Waals surface area contributed by atoms with Crippen LogP contribution >= 0.6 is 11.6 Å². The number of halogens is 1. The minimum atomic E-state index is 0.168. The van der Waals surface area contributed by atoms with Gasteiger partial charge in [0.05, 0.1) is 12.8 Å². The summed E-state index contributed by atoms with van der Waals surface area (Å²) in [5, 5.41) is 8.46. The van der Waals surface area contributed by atoms with Gasteiger partial charge >= 0.3 is 0 Å². The van der Waals surface area contributed by atoms with E-state index in [1.165, 1.54) is 0 Å². The molecule has 1 aromatic heterocycles. The van der Waals surface area contributed by atoms with Gasteiger partial charge in [0.25, 0.3) is 0 Å². The highest BCUT2D eigenvalue weighted by Gasteiger charge is 2.14. The molecule has 0 aliphatic rings. The molecule has 5 heteroatoms. The Balaban J connectivity index is 2.10. The third-order valence-electron chi connectivity index (χ3n) is 3.46. The first-order valence-electron chi connectivity index (χ1n) is 6.58. The van der Waals surface area contributed by atoms with Gasteiger partial charge in [-0.2, -0.15) is 5.10 Å². The molecule has 1 N–H and O–H groups in total. The highest BCUT2D eigenvalue weighted by molar-refractivity contribution is 6.30. The summed E-state index contributed by atoms with van der Waals surface area (Å²) in [5.74, 6) is 0.890. The van der Waals surface area contributed by atoms with E-state index in [4.69, 9.17) is 16.3 Å². The average Bonchev–Trinajstić information content (AvgIpc) is 2.70. The van der Waals surface area contributed by atoms with E-state index in [1.807, 2.05) is 32.2 Å². The Bertz CT molecular complexity index is 595. The molecule has 1 aromatic carbocycles. The Morgan fingerprint density at radius 2 is 2.10 bits per heavy atom. The van der Waals surface area contributed by atoms with Gasteiger partial charge in [0.15, 0.2) is 0 Å². The Kier molecular flexibility index (Phi) is 4.68. The lowest BCUT2D eigenvalue weighted by Gasteiger charge is -2.17. The van der Waals surface area contributed by atoms with Crippen molar-refractivity contribution in [1.82, 2.24) is 15.1 Å². The van der Waals surface area contributed by atoms with Gasteiger partial charge in [0, 0.05) is 30.8 Å². The fourth-order valence-corrected chi connectivity index (χ4v) is 2.51. The minimum absolute atomic E-state index is 0.168. The molecule has 1 atom stereocenters. The Labute approximate surface area is 124 Å². The summed E-state index contributed by atoms with van der Waals surface area (Å²) in [6.45, 7) is 4.76. The van der Waals surface area contributed by atoms with Crippen LogP contribution in [0.4, 0.5) is 0 Å². The number of nitrogens with zero attached hydrogens (tertiary/aromatic N) is 2. The number of para-hydroxylation sites is 1. The first kappa shape index (κ1) is 14.9. The molecule has 4 nitrogen and oxygen atoms in total. The lowest BCUT2D eigenvalue weighted by molar-refractivity contribution is 0.401. The van der Waals surface area contributed by atoms with Crippen LogP contribution < -0.4 is 10.1 Å². The van der Waals surface area contributed by atoms with Crippen LogP contribution in [0.15, 0.2) is 24.3 Å². The quantitative estimate of drug-likeness (QED) is 0.920. The van der Waals surface area contributed by atoms with E-state index in [0.717, 1.165) is 22.6 Å². The van der Waals surface area contributed by atoms with E-state index in [-0.39, 0.29) is 6.04 Å². The molecule has 0 saturated heterocycles. The number of methoxy groups -OCH3 is 1. The molecule has 0 aliphatic carbocycles. The molecule has 1 heterocycles. The summed E-state index contributed by atoms with van der Waals surface area (Å²) in [6, 6.07) is 8.18. The Hall–Kier alpha value is -1.52. The van der Waals surface area contributed by atoms with Gasteiger partial charge in [-0.15, -0.1) is 0 Å². The van der Waals surface area contributed by atoms with Gasteiger partial charge in [-0.3, -0.25) is 4.68 Å². The first-order valence-corrected chi connectivity index (χ1v) is 6.96. The van der Waals surface area contributed by atoms with Gasteiger partial charge < -0.3 is 10.1 Å². The average molecular weight is 294 g/mol. The number of aryl methyl sites for hydroxylation is 2. The normalized spacial score (nSPS) is 12.4. The molecule has 0 fully saturated rings. The van der Waals surface area contributed by atoms with Crippen LogP contribution in [0.2, 0.25) is 5.15 Å². The fraction of sp³-hybridized carbons (Fsp3) is 0.400. The molecule has 108 valence electrons. The second kappa shape index (κ2) is 6.29. The van der Waals surface area contributed by atoms with E-state index >= 15 is 0 Å². The predicted molar refractivity (Wildman–Crippen MR) is 81.2 cm³/mol. The molecule has 20 heavy (non-hydrogen) atoms. The van der Waals surface area contributed by atoms with Gasteiger partial charge in [-0.05, 0) is 19.9 Å². The molecule has 2 aromatic rings. The fourth-order valence-electron chi connectivity index (χ4n) is 2.26. The van der Waals surface area contributed by atoms with Gasteiger partial charge in [-0.1, -0.05) is 29.8 Å². The van der Waals surface area contributed by atoms with Crippen molar-refractivity contribution in [1.29, 1.82) is 0 Å². The van der Waals surface area contributed by atoms with Crippen molar-refractivity contribution in [3.63, 3.8) is 0 Å². The highest BCUT2D eigenvalue weighted by atomic mass is 35.5. The summed E-state index contributed by atoms with van der Waals surface area (Å²) in [5.41, 5.74) is 3.13. The van der Waals surface area contributed by atoms with Crippen LogP contribution in [0.3, 0.4) is 0 Å². The van der Waals surface area contributed by atoms with Gasteiger partial charge in [0.2, 0.25) is 0 Å². The highest BCUT2D eigenvalue weighted by Crippen LogP contribution is 2.25. The lowest BCUT2D eigenvalue weighted by Crippen LogP contribution is -2.19. The van der Waals surface area contributed by atoms with Crippen LogP contribution in [0.1, 0.15) is 29.8 Å². The monoisotopic (exact) mass is 293 g/mol. The van der Waals surface area contributed by atoms with Crippen molar-refractivity contribution >= 4 is 11.6 Å². The zero-order chi connectivity index (χ0) is 14.7. The molecule has 0 bridgehead atoms. The summed E-state index contributed by atoms with van der Waals surface area (Å²) in [4.78, 5) is 0. The molecule has 0 aliphatic heterocycles. The van der Waals surface area contributed by atoms with Crippen LogP contribution in [0.25, 0.3) is 0 Å². The first-order chi connectivity index (χ1) is 9.54. The van der Waals surface area contributed by atoms with E-state index < -0.39 is 0 Å². The van der Waals surface area contributed by atoms with Gasteiger partial charge in [-0.25, -0.2) is 0 Å². The molecule has 0 unspecified atom stereocenters. The summed E-state index contributed by atoms with van der Waals surface area (Å²) in [7, 11) is 3.54. The van der Waals surface area contributed by atoms with Crippen molar-refractivity contribution < 1.29 is 4.74 Å². The Morgan fingerprint density at radius 3 is 2.70 bits per heavy atom. The maximum Gasteiger partial charge on any atom is 0.131 e. The topological polar surface area (TPSA) is 39.1 Å². The van der Waals surface area contributed by atoms with Crippen molar-refractivity contribution in [2.24, 2.45) is 7.05 Å². The van der Waals surface area contributed by atoms with Gasteiger partial charge in [0.1, 0.15) is 10.9 Å². The minimum Gasteiger partial charge on any atom is -0.496 e. The van der Waals surface area contributed by atoms with E-state index in [9.17, 15) is 0 Å². The number of rotatable bonds is 5. The molecule has 0 saturated carbocycles. The summed E-state index contributed by atoms with van der Waals surface area (Å²) < 4.78 is 7.08. The van der Waals surface area contributed by atoms with Crippen LogP contribution in [0, 0.1) is 6.92 Å². The van der Waals surface area contributed by atoms with Crippen LogP contribution in [0.5, 0.6) is 5.75 Å². The zero-order valence-corrected chi connectivity index (χ0v) is 13.0. The molecule has 0 amide bonds. The van der Waals surface area contributed by atoms with E-state index in [2.05, 4.69) is 23.4 Å². The SMILES string of the molecule is COc1ccccc1[C@@H](C)NCc1c(C)nn(C)c1Cl. The van der Waals surface area contributed by atoms with Crippen molar-refractivity contribution in [3.8, 4) is 5.75 Å². The number of benzene rings is 1. The van der Waals surface area contributed by atoms with Crippen molar-refractivity contribution in [2.45, 2.75) is 26.4 Å². The number of hydrogen-bond donors (Lipinski definition) is 1. The second-order valence-electron chi connectivity index (χ2n) is 4.82. The predicted octanol–water partition coefficient (Wildman–Crippen LogP) is 3.24. The molecule has 2 rings (SSSR count). The molecular weight excluding hydrogens is 274 g/mol. The smallest absolute Gasteiger partial charge is 0.131 e. The third-order valence-corrected chi connectivity index (χ3v) is 3.93.